The number of piperidine rings is 1. The number of ketones is 3. The van der Waals surface area contributed by atoms with E-state index < -0.39 is 77.8 Å². The number of esters is 1. The third kappa shape index (κ3) is 14.2. The van der Waals surface area contributed by atoms with Gasteiger partial charge in [0.2, 0.25) is 5.79 Å². The van der Waals surface area contributed by atoms with E-state index in [-0.39, 0.29) is 60.9 Å². The molecular formula is C52H79N5O12. The zero-order chi connectivity index (χ0) is 50.6. The quantitative estimate of drug-likeness (QED) is 0.181. The van der Waals surface area contributed by atoms with E-state index in [4.69, 9.17) is 23.7 Å². The first-order chi connectivity index (χ1) is 32.8. The molecule has 1 aliphatic carbocycles. The van der Waals surface area contributed by atoms with E-state index >= 15 is 0 Å². The molecule has 0 radical (unpaired) electrons. The number of amides is 1. The van der Waals surface area contributed by atoms with Gasteiger partial charge < -0.3 is 38.8 Å². The second-order valence-electron chi connectivity index (χ2n) is 20.4. The zero-order valence-electron chi connectivity index (χ0n) is 42.5. The summed E-state index contributed by atoms with van der Waals surface area (Å²) in [6.45, 7) is 12.8. The maximum absolute atomic E-state index is 14.5. The highest BCUT2D eigenvalue weighted by Gasteiger charge is 2.53. The molecule has 17 heteroatoms. The van der Waals surface area contributed by atoms with Crippen LogP contribution >= 0.6 is 0 Å². The molecule has 17 nitrogen and oxygen atoms in total. The molecule has 3 aliphatic heterocycles. The van der Waals surface area contributed by atoms with Gasteiger partial charge in [-0.2, -0.15) is 0 Å². The summed E-state index contributed by atoms with van der Waals surface area (Å²) in [4.78, 5) is 72.3. The number of aliphatic hydroxyl groups is 2. The van der Waals surface area contributed by atoms with Gasteiger partial charge in [-0.05, 0) is 117 Å². The highest BCUT2D eigenvalue weighted by atomic mass is 16.6. The molecule has 4 aliphatic rings. The number of fused-ring (bicyclic) bond motifs is 3. The number of hydrogen-bond acceptors (Lipinski definition) is 15. The molecule has 2 N–H and O–H groups in total. The van der Waals surface area contributed by atoms with Crippen LogP contribution < -0.4 is 0 Å². The van der Waals surface area contributed by atoms with Gasteiger partial charge >= 0.3 is 5.97 Å². The van der Waals surface area contributed by atoms with E-state index in [0.717, 1.165) is 18.4 Å². The van der Waals surface area contributed by atoms with Crippen LogP contribution in [-0.4, -0.2) is 141 Å². The Balaban J connectivity index is 1.46. The number of ether oxygens (including phenoxy) is 5. The SMILES string of the molecule is CO[C@H]1C[C@@H]2CC[C@@H](C)[C@@](O)(O2)C(=O)C(=O)N2CCCC[C@H]2C(=O)O[C@H]([C@H](C)C[C@@H]2CC[C@H](n3cnnn3)[C@H](OC)C2)CC(=O)[C@H](C)/C=C(\C)[C@@H](O)[C@@H](OC)C(=O)[C@H](C)C[C@H](C)\C=C/C=C\C=C/1C. The third-order valence-corrected chi connectivity index (χ3v) is 15.2. The first-order valence-electron chi connectivity index (χ1n) is 25.0. The van der Waals surface area contributed by atoms with E-state index in [1.165, 1.54) is 12.0 Å². The average Bonchev–Trinajstić information content (AvgIpc) is 3.88. The maximum Gasteiger partial charge on any atom is 0.329 e. The molecule has 0 spiro atoms. The molecule has 1 aromatic heterocycles. The number of aromatic nitrogens is 4. The molecule has 3 fully saturated rings. The van der Waals surface area contributed by atoms with Gasteiger partial charge in [-0.25, -0.2) is 9.48 Å². The van der Waals surface area contributed by atoms with Crippen molar-refractivity contribution in [1.29, 1.82) is 0 Å². The first kappa shape index (κ1) is 55.7. The number of rotatable bonds is 7. The molecule has 1 saturated carbocycles. The van der Waals surface area contributed by atoms with Crippen molar-refractivity contribution >= 4 is 29.2 Å². The number of carbonyl (C=O) groups is 5. The lowest BCUT2D eigenvalue weighted by Gasteiger charge is -2.42. The van der Waals surface area contributed by atoms with E-state index in [2.05, 4.69) is 15.5 Å². The molecule has 0 unspecified atom stereocenters. The standard InChI is InChI=1S/C52H79N5O12/c1-31-16-12-11-13-17-32(2)43(65-8)28-39-21-19-37(7)52(64,69-39)49(61)50(62)56-23-15-14-18-41(56)51(63)68-44(34(4)26-38-20-22-40(45(27-38)66-9)57-30-53-54-55-57)29-42(58)33(3)25-36(6)47(60)48(67-10)46(59)35(5)24-31/h11-13,16-17,25,30-31,33-35,37-41,43-45,47-48,60,64H,14-15,18-24,26-29H2,1-10H3/b13-11-,16-12-,32-17-,36-25+/t31-,33-,34-,35-,37-,38+,39+,40+,41+,43+,44+,45-,47-,48+,52-/m1/s1. The predicted octanol–water partition coefficient (Wildman–Crippen LogP) is 6.05. The Morgan fingerprint density at radius 3 is 2.32 bits per heavy atom. The van der Waals surface area contributed by atoms with Gasteiger partial charge in [0.05, 0.1) is 24.4 Å². The molecule has 2 bridgehead atoms. The average molecular weight is 966 g/mol. The number of nitrogens with zero attached hydrogens (tertiary/aromatic N) is 5. The van der Waals surface area contributed by atoms with E-state index in [9.17, 15) is 34.2 Å². The number of Topliss-reactive ketones (excluding diaryl/α,β-unsaturated/α-hetero) is 3. The highest BCUT2D eigenvalue weighted by Crippen LogP contribution is 2.39. The summed E-state index contributed by atoms with van der Waals surface area (Å²) in [6.07, 6.45) is 13.9. The first-order valence-corrected chi connectivity index (χ1v) is 25.0. The summed E-state index contributed by atoms with van der Waals surface area (Å²) in [5, 5.41) is 35.2. The lowest BCUT2D eigenvalue weighted by molar-refractivity contribution is -0.265. The Kier molecular flexibility index (Phi) is 20.8. The number of hydrogen-bond donors (Lipinski definition) is 2. The Labute approximate surface area is 408 Å². The summed E-state index contributed by atoms with van der Waals surface area (Å²) in [5.74, 6) is -7.92. The molecule has 0 aromatic carbocycles. The van der Waals surface area contributed by atoms with E-state index in [1.54, 1.807) is 52.1 Å². The minimum absolute atomic E-state index is 0.0170. The fraction of sp³-hybridized carbons (Fsp3) is 0.731. The molecule has 384 valence electrons. The Morgan fingerprint density at radius 2 is 1.64 bits per heavy atom. The minimum atomic E-state index is -2.43. The number of methoxy groups -OCH3 is 3. The zero-order valence-corrected chi connectivity index (χ0v) is 42.5. The predicted molar refractivity (Wildman–Crippen MR) is 256 cm³/mol. The highest BCUT2D eigenvalue weighted by molar-refractivity contribution is 6.39. The second-order valence-corrected chi connectivity index (χ2v) is 20.4. The van der Waals surface area contributed by atoms with Gasteiger partial charge in [-0.3, -0.25) is 19.2 Å². The van der Waals surface area contributed by atoms with Crippen LogP contribution in [0.1, 0.15) is 132 Å². The fourth-order valence-electron chi connectivity index (χ4n) is 10.7. The smallest absolute Gasteiger partial charge is 0.329 e. The second kappa shape index (κ2) is 25.7. The Hall–Kier alpha value is -4.26. The van der Waals surface area contributed by atoms with Crippen LogP contribution in [0.25, 0.3) is 0 Å². The summed E-state index contributed by atoms with van der Waals surface area (Å²) >= 11 is 0. The van der Waals surface area contributed by atoms with Crippen LogP contribution in [0.15, 0.2) is 53.9 Å². The fourth-order valence-corrected chi connectivity index (χ4v) is 10.7. The van der Waals surface area contributed by atoms with Gasteiger partial charge in [-0.1, -0.05) is 71.1 Å². The van der Waals surface area contributed by atoms with Crippen molar-refractivity contribution < 1.29 is 57.9 Å². The summed E-state index contributed by atoms with van der Waals surface area (Å²) in [7, 11) is 4.62. The van der Waals surface area contributed by atoms with Gasteiger partial charge in [0.15, 0.2) is 5.78 Å². The van der Waals surface area contributed by atoms with Gasteiger partial charge in [0.25, 0.3) is 11.7 Å². The minimum Gasteiger partial charge on any atom is -0.460 e. The van der Waals surface area contributed by atoms with Crippen LogP contribution in [0.4, 0.5) is 0 Å². The Morgan fingerprint density at radius 1 is 0.884 bits per heavy atom. The van der Waals surface area contributed by atoms with Crippen molar-refractivity contribution in [2.24, 2.45) is 35.5 Å². The number of tetrazole rings is 1. The molecule has 4 heterocycles. The van der Waals surface area contributed by atoms with Crippen LogP contribution in [-0.2, 0) is 47.7 Å². The molecule has 1 aromatic rings. The molecular weight excluding hydrogens is 887 g/mol. The lowest BCUT2D eigenvalue weighted by atomic mass is 9.77. The van der Waals surface area contributed by atoms with Crippen LogP contribution in [0.5, 0.6) is 0 Å². The molecule has 2 saturated heterocycles. The molecule has 15 atom stereocenters. The van der Waals surface area contributed by atoms with Crippen molar-refractivity contribution in [3.05, 3.63) is 53.9 Å². The number of carbonyl (C=O) groups excluding carboxylic acids is 5. The summed E-state index contributed by atoms with van der Waals surface area (Å²) in [6, 6.07) is -1.19. The van der Waals surface area contributed by atoms with Crippen molar-refractivity contribution in [1.82, 2.24) is 25.1 Å². The van der Waals surface area contributed by atoms with Crippen molar-refractivity contribution in [3.63, 3.8) is 0 Å². The number of allylic oxidation sites excluding steroid dienone is 6. The van der Waals surface area contributed by atoms with Crippen molar-refractivity contribution in [2.45, 2.75) is 180 Å². The number of cyclic esters (lactones) is 1. The lowest BCUT2D eigenvalue weighted by Crippen LogP contribution is -2.61. The molecule has 69 heavy (non-hydrogen) atoms. The maximum atomic E-state index is 14.5. The van der Waals surface area contributed by atoms with Gasteiger partial charge in [0, 0.05) is 58.5 Å². The van der Waals surface area contributed by atoms with Crippen LogP contribution in [0, 0.1) is 35.5 Å². The van der Waals surface area contributed by atoms with E-state index in [0.29, 0.717) is 56.9 Å². The van der Waals surface area contributed by atoms with Crippen molar-refractivity contribution in [3.8, 4) is 0 Å². The van der Waals surface area contributed by atoms with Gasteiger partial charge in [0.1, 0.15) is 36.5 Å². The monoisotopic (exact) mass is 966 g/mol. The van der Waals surface area contributed by atoms with E-state index in [1.807, 2.05) is 58.1 Å². The molecule has 5 rings (SSSR count). The summed E-state index contributed by atoms with van der Waals surface area (Å²) in [5.41, 5.74) is 1.27. The topological polar surface area (TPSA) is 219 Å². The normalized spacial score (nSPS) is 38.8. The Bertz CT molecular complexity index is 2020. The van der Waals surface area contributed by atoms with Crippen LogP contribution in [0.2, 0.25) is 0 Å². The largest absolute Gasteiger partial charge is 0.460 e. The number of aliphatic hydroxyl groups excluding tert-OH is 1. The van der Waals surface area contributed by atoms with Crippen LogP contribution in [0.3, 0.4) is 0 Å². The summed E-state index contributed by atoms with van der Waals surface area (Å²) < 4.78 is 31.6. The molecule has 1 amide bonds. The third-order valence-electron chi connectivity index (χ3n) is 15.2. The van der Waals surface area contributed by atoms with Gasteiger partial charge in [-0.15, -0.1) is 5.10 Å². The van der Waals surface area contributed by atoms with Crippen molar-refractivity contribution in [2.75, 3.05) is 27.9 Å².